The SMILES string of the molecule is C=CC(=O)N1CCN(c2nc(=O)n(-c3c(C(C)C)ccnc3S(C)(=O)=O)c3nc(-c4c(F)cccc4OC(C)=O)c(F)cc23)[C@@H](C)C1. The number of aromatic nitrogens is 4. The number of ether oxygens (including phenoxy) is 1. The summed E-state index contributed by atoms with van der Waals surface area (Å²) >= 11 is 0. The van der Waals surface area contributed by atoms with Crippen molar-refractivity contribution in [2.24, 2.45) is 0 Å². The standard InChI is InChI=1S/C32H32F2N6O6S/c1-7-25(42)38-13-14-39(18(4)16-38)29-21-15-23(34)27(26-22(33)9-8-10-24(26)46-19(5)41)36-30(21)40(32(43)37-29)28-20(17(2)3)11-12-35-31(28)47(6,44)45/h7-12,15,17-18H,1,13-14,16H2,2-6H3/t18-/m0/s1. The van der Waals surface area contributed by atoms with Gasteiger partial charge in [0.2, 0.25) is 5.91 Å². The quantitative estimate of drug-likeness (QED) is 0.162. The van der Waals surface area contributed by atoms with Gasteiger partial charge in [-0.05, 0) is 48.7 Å². The number of amides is 1. The zero-order chi connectivity index (χ0) is 34.4. The average Bonchev–Trinajstić information content (AvgIpc) is 2.99. The number of carbonyl (C=O) groups excluding carboxylic acids is 2. The molecule has 0 bridgehead atoms. The minimum absolute atomic E-state index is 0.00424. The predicted octanol–water partition coefficient (Wildman–Crippen LogP) is 3.80. The van der Waals surface area contributed by atoms with Gasteiger partial charge in [-0.25, -0.2) is 36.5 Å². The van der Waals surface area contributed by atoms with E-state index in [0.29, 0.717) is 5.56 Å². The number of benzene rings is 1. The third-order valence-corrected chi connectivity index (χ3v) is 8.77. The van der Waals surface area contributed by atoms with Gasteiger partial charge in [0.05, 0.1) is 16.6 Å². The Kier molecular flexibility index (Phi) is 8.95. The van der Waals surface area contributed by atoms with Crippen LogP contribution in [0.15, 0.2) is 59.0 Å². The first-order valence-electron chi connectivity index (χ1n) is 14.6. The summed E-state index contributed by atoms with van der Waals surface area (Å²) in [5, 5.41) is -0.435. The van der Waals surface area contributed by atoms with E-state index in [0.717, 1.165) is 29.9 Å². The van der Waals surface area contributed by atoms with Crippen LogP contribution in [0, 0.1) is 11.6 Å². The van der Waals surface area contributed by atoms with Crippen molar-refractivity contribution in [3.05, 3.63) is 76.9 Å². The Labute approximate surface area is 269 Å². The average molecular weight is 667 g/mol. The second-order valence-corrected chi connectivity index (χ2v) is 13.4. The Balaban J connectivity index is 1.91. The molecule has 5 rings (SSSR count). The Hall–Kier alpha value is -5.05. The van der Waals surface area contributed by atoms with Crippen LogP contribution in [0.3, 0.4) is 0 Å². The number of halogens is 2. The minimum Gasteiger partial charge on any atom is -0.426 e. The van der Waals surface area contributed by atoms with Crippen molar-refractivity contribution < 1.29 is 31.5 Å². The van der Waals surface area contributed by atoms with Crippen molar-refractivity contribution in [3.8, 4) is 22.7 Å². The minimum atomic E-state index is -4.05. The van der Waals surface area contributed by atoms with Gasteiger partial charge in [0.25, 0.3) is 0 Å². The molecule has 1 aliphatic rings. The first kappa shape index (κ1) is 33.3. The zero-order valence-corrected chi connectivity index (χ0v) is 27.1. The number of hydrogen-bond donors (Lipinski definition) is 0. The van der Waals surface area contributed by atoms with Crippen LogP contribution >= 0.6 is 0 Å². The lowest BCUT2D eigenvalue weighted by atomic mass is 10.0. The monoisotopic (exact) mass is 666 g/mol. The third kappa shape index (κ3) is 6.22. The highest BCUT2D eigenvalue weighted by Gasteiger charge is 2.32. The molecular weight excluding hydrogens is 634 g/mol. The zero-order valence-electron chi connectivity index (χ0n) is 26.3. The van der Waals surface area contributed by atoms with Crippen molar-refractivity contribution in [1.82, 2.24) is 24.4 Å². The van der Waals surface area contributed by atoms with Gasteiger partial charge in [0, 0.05) is 45.1 Å². The number of nitrogens with zero attached hydrogens (tertiary/aromatic N) is 6. The molecule has 0 aliphatic carbocycles. The van der Waals surface area contributed by atoms with E-state index in [1.807, 2.05) is 0 Å². The topological polar surface area (TPSA) is 145 Å². The van der Waals surface area contributed by atoms with E-state index in [2.05, 4.69) is 21.5 Å². The summed E-state index contributed by atoms with van der Waals surface area (Å²) < 4.78 is 63.8. The number of pyridine rings is 2. The molecule has 1 aliphatic heterocycles. The van der Waals surface area contributed by atoms with Crippen molar-refractivity contribution in [2.45, 2.75) is 44.7 Å². The van der Waals surface area contributed by atoms with E-state index < -0.39 is 55.5 Å². The molecule has 0 radical (unpaired) electrons. The lowest BCUT2D eigenvalue weighted by molar-refractivity contribution is -0.132. The molecule has 0 N–H and O–H groups in total. The van der Waals surface area contributed by atoms with E-state index in [4.69, 9.17) is 4.74 Å². The Bertz CT molecular complexity index is 2120. The van der Waals surface area contributed by atoms with E-state index in [1.165, 1.54) is 24.4 Å². The van der Waals surface area contributed by atoms with Crippen LogP contribution in [-0.2, 0) is 19.4 Å². The maximum atomic E-state index is 16.2. The summed E-state index contributed by atoms with van der Waals surface area (Å²) in [5.74, 6) is -3.67. The second kappa shape index (κ2) is 12.6. The fourth-order valence-electron chi connectivity index (χ4n) is 5.69. The van der Waals surface area contributed by atoms with E-state index in [1.54, 1.807) is 36.6 Å². The molecule has 1 fully saturated rings. The highest BCUT2D eigenvalue weighted by molar-refractivity contribution is 7.90. The summed E-state index contributed by atoms with van der Waals surface area (Å²) in [6.07, 6.45) is 3.44. The van der Waals surface area contributed by atoms with Crippen LogP contribution < -0.4 is 15.3 Å². The molecule has 1 amide bonds. The molecule has 1 aromatic carbocycles. The van der Waals surface area contributed by atoms with Crippen molar-refractivity contribution in [2.75, 3.05) is 30.8 Å². The van der Waals surface area contributed by atoms with Gasteiger partial charge in [-0.2, -0.15) is 4.98 Å². The molecule has 4 heterocycles. The van der Waals surface area contributed by atoms with E-state index >= 15 is 8.78 Å². The van der Waals surface area contributed by atoms with Gasteiger partial charge < -0.3 is 14.5 Å². The summed E-state index contributed by atoms with van der Waals surface area (Å²) in [6.45, 7) is 10.7. The predicted molar refractivity (Wildman–Crippen MR) is 170 cm³/mol. The van der Waals surface area contributed by atoms with Crippen molar-refractivity contribution in [3.63, 3.8) is 0 Å². The molecular formula is C32H32F2N6O6S. The maximum absolute atomic E-state index is 16.2. The van der Waals surface area contributed by atoms with Crippen molar-refractivity contribution >= 4 is 38.6 Å². The molecule has 0 saturated carbocycles. The first-order chi connectivity index (χ1) is 22.1. The smallest absolute Gasteiger partial charge is 0.355 e. The summed E-state index contributed by atoms with van der Waals surface area (Å²) in [5.41, 5.74) is -2.01. The first-order valence-corrected chi connectivity index (χ1v) is 16.5. The van der Waals surface area contributed by atoms with Gasteiger partial charge in [-0.3, -0.25) is 9.59 Å². The Morgan fingerprint density at radius 2 is 1.85 bits per heavy atom. The lowest BCUT2D eigenvalue weighted by Crippen LogP contribution is -2.54. The fourth-order valence-corrected chi connectivity index (χ4v) is 6.50. The summed E-state index contributed by atoms with van der Waals surface area (Å²) in [4.78, 5) is 54.4. The fraction of sp³-hybridized carbons (Fsp3) is 0.312. The second-order valence-electron chi connectivity index (χ2n) is 11.5. The molecule has 3 aromatic heterocycles. The largest absolute Gasteiger partial charge is 0.426 e. The summed E-state index contributed by atoms with van der Waals surface area (Å²) in [6, 6.07) is 5.75. The van der Waals surface area contributed by atoms with Crippen molar-refractivity contribution in [1.29, 1.82) is 0 Å². The summed E-state index contributed by atoms with van der Waals surface area (Å²) in [7, 11) is -4.05. The van der Waals surface area contributed by atoms with Gasteiger partial charge in [-0.15, -0.1) is 0 Å². The number of hydrogen-bond acceptors (Lipinski definition) is 10. The normalized spacial score (nSPS) is 15.3. The number of carbonyl (C=O) groups is 2. The third-order valence-electron chi connectivity index (χ3n) is 7.77. The van der Waals surface area contributed by atoms with Crippen LogP contribution in [0.5, 0.6) is 5.75 Å². The molecule has 0 spiro atoms. The van der Waals surface area contributed by atoms with Crippen LogP contribution in [0.25, 0.3) is 28.0 Å². The molecule has 0 unspecified atom stereocenters. The molecule has 12 nitrogen and oxygen atoms in total. The number of anilines is 1. The Morgan fingerprint density at radius 1 is 1.13 bits per heavy atom. The number of rotatable bonds is 7. The molecule has 1 saturated heterocycles. The van der Waals surface area contributed by atoms with Gasteiger partial charge in [0.15, 0.2) is 26.3 Å². The number of sulfone groups is 1. The molecule has 246 valence electrons. The van der Waals surface area contributed by atoms with Gasteiger partial charge in [0.1, 0.15) is 23.1 Å². The van der Waals surface area contributed by atoms with E-state index in [9.17, 15) is 22.8 Å². The molecule has 15 heteroatoms. The van der Waals surface area contributed by atoms with Gasteiger partial charge in [-0.1, -0.05) is 26.5 Å². The van der Waals surface area contributed by atoms with Crippen LogP contribution in [0.2, 0.25) is 0 Å². The lowest BCUT2D eigenvalue weighted by Gasteiger charge is -2.40. The number of piperazine rings is 1. The highest BCUT2D eigenvalue weighted by atomic mass is 32.2. The number of esters is 1. The maximum Gasteiger partial charge on any atom is 0.355 e. The Morgan fingerprint density at radius 3 is 2.47 bits per heavy atom. The molecule has 4 aromatic rings. The van der Waals surface area contributed by atoms with Crippen LogP contribution in [0.4, 0.5) is 14.6 Å². The van der Waals surface area contributed by atoms with Gasteiger partial charge >= 0.3 is 11.7 Å². The van der Waals surface area contributed by atoms with Crippen LogP contribution in [-0.4, -0.2) is 76.6 Å². The van der Waals surface area contributed by atoms with Crippen LogP contribution in [0.1, 0.15) is 39.2 Å². The highest BCUT2D eigenvalue weighted by Crippen LogP contribution is 2.38. The molecule has 1 atom stereocenters. The molecule has 47 heavy (non-hydrogen) atoms. The number of fused-ring (bicyclic) bond motifs is 1. The van der Waals surface area contributed by atoms with E-state index in [-0.39, 0.29) is 59.7 Å².